The fraction of sp³-hybridized carbons (Fsp3) is 0.778. The normalized spacial score (nSPS) is 36.1. The van der Waals surface area contributed by atoms with Gasteiger partial charge in [0.15, 0.2) is 0 Å². The van der Waals surface area contributed by atoms with Crippen molar-refractivity contribution < 1.29 is 28.6 Å². The van der Waals surface area contributed by atoms with Crippen molar-refractivity contribution in [3.63, 3.8) is 0 Å². The Morgan fingerprint density at radius 3 is 2.25 bits per heavy atom. The van der Waals surface area contributed by atoms with E-state index in [-0.39, 0.29) is 19.5 Å². The molecule has 0 bridgehead atoms. The molecule has 2 N–H and O–H groups in total. The van der Waals surface area contributed by atoms with Gasteiger partial charge in [-0.2, -0.15) is 0 Å². The van der Waals surface area contributed by atoms with Crippen molar-refractivity contribution in [2.75, 3.05) is 13.1 Å². The van der Waals surface area contributed by atoms with Crippen LogP contribution < -0.4 is 0 Å². The Morgan fingerprint density at radius 2 is 1.88 bits per heavy atom. The minimum absolute atomic E-state index is 0.140. The second kappa shape index (κ2) is 3.05. The molecule has 1 amide bonds. The first kappa shape index (κ1) is 11.1. The molecule has 1 saturated heterocycles. The van der Waals surface area contributed by atoms with Crippen LogP contribution in [-0.4, -0.2) is 46.2 Å². The number of hydrogen-bond donors (Lipinski definition) is 2. The average Bonchev–Trinajstić information content (AvgIpc) is 2.65. The third-order valence-electron chi connectivity index (χ3n) is 3.40. The lowest BCUT2D eigenvalue weighted by Gasteiger charge is -2.34. The summed E-state index contributed by atoms with van der Waals surface area (Å²) in [6, 6.07) is 0. The van der Waals surface area contributed by atoms with E-state index in [0.29, 0.717) is 0 Å². The Balaban J connectivity index is 2.19. The van der Waals surface area contributed by atoms with E-state index in [1.807, 2.05) is 0 Å². The summed E-state index contributed by atoms with van der Waals surface area (Å²) in [7, 11) is 0. The summed E-state index contributed by atoms with van der Waals surface area (Å²) in [5.41, 5.74) is -1.44. The van der Waals surface area contributed by atoms with Crippen molar-refractivity contribution in [1.82, 2.24) is 4.90 Å². The van der Waals surface area contributed by atoms with Crippen LogP contribution in [0.3, 0.4) is 0 Å². The molecule has 16 heavy (non-hydrogen) atoms. The molecule has 1 aliphatic heterocycles. The standard InChI is InChI=1S/C9H11F2NO4/c10-9(11)3-8(9)1-5(6(13)14)2-12(4-8)7(15)16/h5H,1-4H2,(H,13,14)(H,15,16). The number of piperidine rings is 1. The zero-order chi connectivity index (χ0) is 12.1. The third kappa shape index (κ3) is 1.50. The molecule has 1 spiro atoms. The van der Waals surface area contributed by atoms with Crippen LogP contribution in [0.1, 0.15) is 12.8 Å². The number of carbonyl (C=O) groups is 2. The Hall–Kier alpha value is -1.40. The molecule has 2 rings (SSSR count). The van der Waals surface area contributed by atoms with Gasteiger partial charge in [0, 0.05) is 19.5 Å². The number of carboxylic acid groups (broad SMARTS) is 2. The number of halogens is 2. The highest BCUT2D eigenvalue weighted by atomic mass is 19.3. The summed E-state index contributed by atoms with van der Waals surface area (Å²) < 4.78 is 26.3. The molecule has 0 aromatic carbocycles. The van der Waals surface area contributed by atoms with E-state index in [0.717, 1.165) is 4.90 Å². The minimum Gasteiger partial charge on any atom is -0.481 e. The van der Waals surface area contributed by atoms with E-state index in [1.54, 1.807) is 0 Å². The van der Waals surface area contributed by atoms with Gasteiger partial charge >= 0.3 is 12.1 Å². The Labute approximate surface area is 89.6 Å². The second-order valence-electron chi connectivity index (χ2n) is 4.56. The van der Waals surface area contributed by atoms with Gasteiger partial charge in [-0.3, -0.25) is 4.79 Å². The number of amides is 1. The van der Waals surface area contributed by atoms with Crippen LogP contribution in [0.4, 0.5) is 13.6 Å². The number of nitrogens with zero attached hydrogens (tertiary/aromatic N) is 1. The first-order valence-corrected chi connectivity index (χ1v) is 4.86. The zero-order valence-electron chi connectivity index (χ0n) is 8.32. The van der Waals surface area contributed by atoms with Gasteiger partial charge in [-0.25, -0.2) is 13.6 Å². The summed E-state index contributed by atoms with van der Waals surface area (Å²) in [5.74, 6) is -5.17. The largest absolute Gasteiger partial charge is 0.481 e. The molecular weight excluding hydrogens is 224 g/mol. The third-order valence-corrected chi connectivity index (χ3v) is 3.40. The highest BCUT2D eigenvalue weighted by Gasteiger charge is 2.73. The predicted octanol–water partition coefficient (Wildman–Crippen LogP) is 1.10. The van der Waals surface area contributed by atoms with E-state index in [1.165, 1.54) is 0 Å². The molecule has 1 saturated carbocycles. The highest BCUT2D eigenvalue weighted by Crippen LogP contribution is 2.65. The van der Waals surface area contributed by atoms with Crippen molar-refractivity contribution in [2.45, 2.75) is 18.8 Å². The lowest BCUT2D eigenvalue weighted by molar-refractivity contribution is -0.145. The first-order chi connectivity index (χ1) is 7.27. The SMILES string of the molecule is O=C(O)C1CN(C(=O)O)CC2(C1)CC2(F)F. The van der Waals surface area contributed by atoms with Crippen molar-refractivity contribution >= 4 is 12.1 Å². The molecule has 90 valence electrons. The van der Waals surface area contributed by atoms with Crippen LogP contribution >= 0.6 is 0 Å². The lowest BCUT2D eigenvalue weighted by Crippen LogP contribution is -2.48. The maximum Gasteiger partial charge on any atom is 0.407 e. The smallest absolute Gasteiger partial charge is 0.407 e. The molecule has 1 heterocycles. The van der Waals surface area contributed by atoms with Crippen LogP contribution in [0.25, 0.3) is 0 Å². The number of carboxylic acids is 1. The lowest BCUT2D eigenvalue weighted by atomic mass is 9.86. The van der Waals surface area contributed by atoms with E-state index >= 15 is 0 Å². The molecule has 0 aromatic heterocycles. The summed E-state index contributed by atoms with van der Waals surface area (Å²) in [4.78, 5) is 22.3. The van der Waals surface area contributed by atoms with Gasteiger partial charge in [-0.15, -0.1) is 0 Å². The Kier molecular flexibility index (Phi) is 2.12. The Morgan fingerprint density at radius 1 is 1.31 bits per heavy atom. The molecule has 7 heteroatoms. The van der Waals surface area contributed by atoms with Crippen LogP contribution in [0.5, 0.6) is 0 Å². The fourth-order valence-corrected chi connectivity index (χ4v) is 2.38. The van der Waals surface area contributed by atoms with Crippen molar-refractivity contribution in [3.05, 3.63) is 0 Å². The molecule has 2 fully saturated rings. The molecular formula is C9H11F2NO4. The van der Waals surface area contributed by atoms with Crippen molar-refractivity contribution in [1.29, 1.82) is 0 Å². The summed E-state index contributed by atoms with van der Waals surface area (Å²) >= 11 is 0. The molecule has 2 aliphatic rings. The van der Waals surface area contributed by atoms with Gasteiger partial charge in [-0.1, -0.05) is 0 Å². The Bertz CT molecular complexity index is 335. The van der Waals surface area contributed by atoms with Gasteiger partial charge in [-0.05, 0) is 6.42 Å². The molecule has 0 aromatic rings. The van der Waals surface area contributed by atoms with E-state index in [2.05, 4.69) is 0 Å². The summed E-state index contributed by atoms with van der Waals surface area (Å²) in [6.45, 7) is -0.471. The molecule has 2 atom stereocenters. The summed E-state index contributed by atoms with van der Waals surface area (Å²) in [5, 5.41) is 17.6. The van der Waals surface area contributed by atoms with Gasteiger partial charge in [0.2, 0.25) is 0 Å². The van der Waals surface area contributed by atoms with E-state index < -0.39 is 35.7 Å². The number of rotatable bonds is 1. The van der Waals surface area contributed by atoms with Gasteiger partial charge in [0.05, 0.1) is 11.3 Å². The minimum atomic E-state index is -2.92. The van der Waals surface area contributed by atoms with E-state index in [4.69, 9.17) is 10.2 Å². The van der Waals surface area contributed by atoms with Crippen molar-refractivity contribution in [3.8, 4) is 0 Å². The quantitative estimate of drug-likeness (QED) is 0.713. The van der Waals surface area contributed by atoms with Crippen LogP contribution in [-0.2, 0) is 4.79 Å². The molecule has 2 unspecified atom stereocenters. The monoisotopic (exact) mass is 235 g/mol. The predicted molar refractivity (Wildman–Crippen MR) is 47.3 cm³/mol. The molecule has 1 aliphatic carbocycles. The number of likely N-dealkylation sites (tertiary alicyclic amines) is 1. The maximum absolute atomic E-state index is 13.1. The van der Waals surface area contributed by atoms with Gasteiger partial charge in [0.1, 0.15) is 0 Å². The number of alkyl halides is 2. The number of aliphatic carboxylic acids is 1. The highest BCUT2D eigenvalue weighted by molar-refractivity contribution is 5.73. The molecule has 0 radical (unpaired) electrons. The maximum atomic E-state index is 13.1. The summed E-state index contributed by atoms with van der Waals surface area (Å²) in [6.07, 6.45) is -1.89. The van der Waals surface area contributed by atoms with Crippen LogP contribution in [0, 0.1) is 11.3 Å². The topological polar surface area (TPSA) is 77.8 Å². The van der Waals surface area contributed by atoms with Crippen molar-refractivity contribution in [2.24, 2.45) is 11.3 Å². The fourth-order valence-electron chi connectivity index (χ4n) is 2.38. The van der Waals surface area contributed by atoms with Gasteiger partial charge in [0.25, 0.3) is 5.92 Å². The second-order valence-corrected chi connectivity index (χ2v) is 4.56. The van der Waals surface area contributed by atoms with Crippen LogP contribution in [0.15, 0.2) is 0 Å². The van der Waals surface area contributed by atoms with Crippen LogP contribution in [0.2, 0.25) is 0 Å². The van der Waals surface area contributed by atoms with Gasteiger partial charge < -0.3 is 15.1 Å². The average molecular weight is 235 g/mol. The first-order valence-electron chi connectivity index (χ1n) is 4.86. The van der Waals surface area contributed by atoms with E-state index in [9.17, 15) is 18.4 Å². The number of hydrogen-bond acceptors (Lipinski definition) is 2. The molecule has 5 nitrogen and oxygen atoms in total. The zero-order valence-corrected chi connectivity index (χ0v) is 8.32.